The molecule has 0 aliphatic carbocycles. The molecule has 0 heterocycles. The molecule has 9 heteroatoms. The van der Waals surface area contributed by atoms with Crippen LogP contribution in [-0.4, -0.2) is 68.5 Å². The van der Waals surface area contributed by atoms with Crippen LogP contribution < -0.4 is 10.2 Å². The average molecular weight is 857 g/mol. The molecule has 0 fully saturated rings. The molecule has 3 unspecified atom stereocenters. The van der Waals surface area contributed by atoms with Gasteiger partial charge in [0, 0.05) is 6.42 Å². The third-order valence-corrected chi connectivity index (χ3v) is 10.8. The second-order valence-corrected chi connectivity index (χ2v) is 18.1. The number of aliphatic hydroxyl groups excluding tert-OH is 1. The quantitative estimate of drug-likeness (QED) is 0.0274. The van der Waals surface area contributed by atoms with E-state index in [1.165, 1.54) is 51.4 Å². The van der Waals surface area contributed by atoms with E-state index in [0.717, 1.165) is 96.3 Å². The topological polar surface area (TPSA) is 108 Å². The maximum absolute atomic E-state index is 12.8. The predicted octanol–water partition coefficient (Wildman–Crippen LogP) is 12.9. The molecule has 0 radical (unpaired) electrons. The monoisotopic (exact) mass is 857 g/mol. The molecule has 0 bridgehead atoms. The molecule has 0 aliphatic heterocycles. The van der Waals surface area contributed by atoms with E-state index in [4.69, 9.17) is 9.05 Å². The molecule has 8 nitrogen and oxygen atoms in total. The van der Waals surface area contributed by atoms with Crippen molar-refractivity contribution in [1.29, 1.82) is 0 Å². The van der Waals surface area contributed by atoms with Gasteiger partial charge in [0.2, 0.25) is 5.91 Å². The zero-order valence-electron chi connectivity index (χ0n) is 38.9. The minimum Gasteiger partial charge on any atom is -0.756 e. The number of phosphoric ester groups is 1. The molecule has 344 valence electrons. The fraction of sp³-hybridized carbons (Fsp3) is 0.667. The van der Waals surface area contributed by atoms with E-state index in [1.807, 2.05) is 27.2 Å². The summed E-state index contributed by atoms with van der Waals surface area (Å²) in [6, 6.07) is -0.897. The van der Waals surface area contributed by atoms with Crippen LogP contribution in [0.3, 0.4) is 0 Å². The Kier molecular flexibility index (Phi) is 40.0. The number of phosphoric acid groups is 1. The maximum atomic E-state index is 12.8. The third kappa shape index (κ3) is 43.5. The first kappa shape index (κ1) is 57.4. The van der Waals surface area contributed by atoms with Crippen molar-refractivity contribution in [3.05, 3.63) is 97.2 Å². The number of unbranched alkanes of at least 4 members (excludes halogenated alkanes) is 14. The highest BCUT2D eigenvalue weighted by atomic mass is 31.2. The first-order chi connectivity index (χ1) is 29.0. The maximum Gasteiger partial charge on any atom is 0.268 e. The first-order valence-electron chi connectivity index (χ1n) is 23.6. The lowest BCUT2D eigenvalue weighted by Crippen LogP contribution is -2.45. The molecule has 0 saturated carbocycles. The lowest BCUT2D eigenvalue weighted by Gasteiger charge is -2.29. The van der Waals surface area contributed by atoms with Gasteiger partial charge in [0.25, 0.3) is 7.82 Å². The summed E-state index contributed by atoms with van der Waals surface area (Å²) >= 11 is 0. The molecular formula is C51H89N2O6P. The van der Waals surface area contributed by atoms with Gasteiger partial charge in [-0.15, -0.1) is 0 Å². The fourth-order valence-corrected chi connectivity index (χ4v) is 6.79. The van der Waals surface area contributed by atoms with Crippen molar-refractivity contribution >= 4 is 13.7 Å². The van der Waals surface area contributed by atoms with E-state index in [0.29, 0.717) is 17.4 Å². The number of rotatable bonds is 41. The number of allylic oxidation sites excluding steroid dienone is 15. The summed E-state index contributed by atoms with van der Waals surface area (Å²) in [6.45, 7) is 4.46. The van der Waals surface area contributed by atoms with Gasteiger partial charge in [-0.25, -0.2) is 0 Å². The Morgan fingerprint density at radius 3 is 1.48 bits per heavy atom. The highest BCUT2D eigenvalue weighted by molar-refractivity contribution is 7.45. The molecule has 0 saturated heterocycles. The second kappa shape index (κ2) is 41.8. The number of nitrogens with one attached hydrogen (secondary N) is 1. The number of likely N-dealkylation sites (N-methyl/N-ethyl adjacent to an activating group) is 1. The molecule has 1 amide bonds. The number of aliphatic hydroxyl groups is 1. The van der Waals surface area contributed by atoms with Crippen LogP contribution in [0, 0.1) is 0 Å². The Labute approximate surface area is 369 Å². The number of amides is 1. The highest BCUT2D eigenvalue weighted by Crippen LogP contribution is 2.38. The van der Waals surface area contributed by atoms with E-state index >= 15 is 0 Å². The Morgan fingerprint density at radius 2 is 1.02 bits per heavy atom. The van der Waals surface area contributed by atoms with Gasteiger partial charge in [0.05, 0.1) is 39.9 Å². The van der Waals surface area contributed by atoms with Crippen LogP contribution in [0.4, 0.5) is 0 Å². The van der Waals surface area contributed by atoms with Gasteiger partial charge in [0.15, 0.2) is 0 Å². The van der Waals surface area contributed by atoms with Crippen LogP contribution in [-0.2, 0) is 18.4 Å². The largest absolute Gasteiger partial charge is 0.756 e. The molecule has 0 aliphatic rings. The number of quaternary nitrogens is 1. The van der Waals surface area contributed by atoms with E-state index < -0.39 is 26.6 Å². The number of hydrogen-bond acceptors (Lipinski definition) is 6. The third-order valence-electron chi connectivity index (χ3n) is 9.80. The normalized spacial score (nSPS) is 15.1. The molecular weight excluding hydrogens is 768 g/mol. The minimum atomic E-state index is -4.59. The molecule has 2 N–H and O–H groups in total. The highest BCUT2D eigenvalue weighted by Gasteiger charge is 2.23. The zero-order valence-corrected chi connectivity index (χ0v) is 39.8. The summed E-state index contributed by atoms with van der Waals surface area (Å²) in [6.07, 6.45) is 59.0. The molecule has 0 aromatic carbocycles. The van der Waals surface area contributed by atoms with Gasteiger partial charge in [-0.1, -0.05) is 182 Å². The Balaban J connectivity index is 4.23. The lowest BCUT2D eigenvalue weighted by atomic mass is 10.1. The summed E-state index contributed by atoms with van der Waals surface area (Å²) in [4.78, 5) is 25.3. The second-order valence-electron chi connectivity index (χ2n) is 16.7. The van der Waals surface area contributed by atoms with Crippen molar-refractivity contribution in [3.8, 4) is 0 Å². The van der Waals surface area contributed by atoms with E-state index in [1.54, 1.807) is 6.08 Å². The molecule has 0 aromatic rings. The molecule has 0 spiro atoms. The Morgan fingerprint density at radius 1 is 0.600 bits per heavy atom. The van der Waals surface area contributed by atoms with E-state index in [2.05, 4.69) is 104 Å². The Hall–Kier alpha value is -2.58. The van der Waals surface area contributed by atoms with Crippen molar-refractivity contribution in [2.24, 2.45) is 0 Å². The predicted molar refractivity (Wildman–Crippen MR) is 256 cm³/mol. The van der Waals surface area contributed by atoms with Crippen molar-refractivity contribution < 1.29 is 32.9 Å². The van der Waals surface area contributed by atoms with E-state index in [9.17, 15) is 19.4 Å². The van der Waals surface area contributed by atoms with Crippen LogP contribution in [0.5, 0.6) is 0 Å². The zero-order chi connectivity index (χ0) is 44.3. The van der Waals surface area contributed by atoms with Crippen molar-refractivity contribution in [1.82, 2.24) is 5.32 Å². The molecule has 60 heavy (non-hydrogen) atoms. The standard InChI is InChI=1S/C51H89N2O6P/c1-6-8-10-12-14-16-17-18-19-20-21-22-23-24-25-26-27-28-29-30-31-32-33-34-35-37-39-41-43-45-51(55)52-49(48-59-60(56,57)58-47-46-53(3,4)5)50(54)44-42-40-38-36-15-13-11-9-7-2/h8,10,14,16,18-19,21-22,24-25,27-28,30-31,42,44,49-50,54H,6-7,9,11-13,15,17,20,23,26,29,32-41,43,45-48H2,1-5H3,(H-,52,55,56,57)/b10-8-,16-14-,19-18-,22-21-,25-24-,28-27-,31-30-,44-42+. The summed E-state index contributed by atoms with van der Waals surface area (Å²) in [5.41, 5.74) is 0. The summed E-state index contributed by atoms with van der Waals surface area (Å²) in [5, 5.41) is 13.7. The number of carbonyl (C=O) groups excluding carboxylic acids is 1. The molecule has 0 aromatic heterocycles. The van der Waals surface area contributed by atoms with Crippen LogP contribution in [0.1, 0.15) is 168 Å². The van der Waals surface area contributed by atoms with Crippen molar-refractivity contribution in [3.63, 3.8) is 0 Å². The van der Waals surface area contributed by atoms with Gasteiger partial charge in [-0.2, -0.15) is 0 Å². The average Bonchev–Trinajstić information content (AvgIpc) is 3.20. The minimum absolute atomic E-state index is 0.00895. The van der Waals surface area contributed by atoms with Crippen molar-refractivity contribution in [2.45, 2.75) is 180 Å². The lowest BCUT2D eigenvalue weighted by molar-refractivity contribution is -0.870. The number of nitrogens with zero attached hydrogens (tertiary/aromatic N) is 1. The van der Waals surface area contributed by atoms with Gasteiger partial charge < -0.3 is 28.8 Å². The van der Waals surface area contributed by atoms with Crippen LogP contribution in [0.25, 0.3) is 0 Å². The van der Waals surface area contributed by atoms with Crippen molar-refractivity contribution in [2.75, 3.05) is 40.9 Å². The first-order valence-corrected chi connectivity index (χ1v) is 25.1. The number of carbonyl (C=O) groups is 1. The van der Waals surface area contributed by atoms with E-state index in [-0.39, 0.29) is 12.5 Å². The number of hydrogen-bond donors (Lipinski definition) is 2. The Bertz CT molecular complexity index is 1290. The summed E-state index contributed by atoms with van der Waals surface area (Å²) in [7, 11) is 1.23. The van der Waals surface area contributed by atoms with Crippen LogP contribution in [0.15, 0.2) is 97.2 Å². The summed E-state index contributed by atoms with van der Waals surface area (Å²) < 4.78 is 23.1. The van der Waals surface area contributed by atoms with Crippen LogP contribution in [0.2, 0.25) is 0 Å². The molecule has 0 rings (SSSR count). The SMILES string of the molecule is CC/C=C\C/C=C\C/C=C\C/C=C\C/C=C\C/C=C\C/C=C\CCCCCCCCCC(=O)NC(COP(=O)([O-])OCC[N+](C)(C)C)C(O)/C=C/CCCCCCCCC. The van der Waals surface area contributed by atoms with Gasteiger partial charge >= 0.3 is 0 Å². The van der Waals surface area contributed by atoms with Gasteiger partial charge in [0.1, 0.15) is 13.2 Å². The smallest absolute Gasteiger partial charge is 0.268 e. The van der Waals surface area contributed by atoms with Crippen LogP contribution >= 0.6 is 7.82 Å². The van der Waals surface area contributed by atoms with Gasteiger partial charge in [-0.05, 0) is 77.0 Å². The summed E-state index contributed by atoms with van der Waals surface area (Å²) in [5.74, 6) is -0.217. The fourth-order valence-electron chi connectivity index (χ4n) is 6.07. The molecule has 3 atom stereocenters. The van der Waals surface area contributed by atoms with Gasteiger partial charge in [-0.3, -0.25) is 9.36 Å².